The van der Waals surface area contributed by atoms with E-state index in [0.717, 1.165) is 12.8 Å². The first kappa shape index (κ1) is 13.5. The number of aliphatic carboxylic acids is 1. The molecule has 1 fully saturated rings. The zero-order valence-corrected chi connectivity index (χ0v) is 9.82. The molecular weight excluding hydrogens is 206 g/mol. The SMILES string of the molecule is O=C(O)CC(O)CNC1CCCCCCC1. The predicted molar refractivity (Wildman–Crippen MR) is 62.4 cm³/mol. The van der Waals surface area contributed by atoms with Gasteiger partial charge < -0.3 is 15.5 Å². The quantitative estimate of drug-likeness (QED) is 0.668. The second-order valence-electron chi connectivity index (χ2n) is 4.70. The van der Waals surface area contributed by atoms with Gasteiger partial charge in [-0.1, -0.05) is 32.1 Å². The van der Waals surface area contributed by atoms with E-state index in [1.54, 1.807) is 0 Å². The highest BCUT2D eigenvalue weighted by atomic mass is 16.4. The molecule has 0 aliphatic heterocycles. The average Bonchev–Trinajstić information content (AvgIpc) is 2.14. The van der Waals surface area contributed by atoms with Gasteiger partial charge in [0.2, 0.25) is 0 Å². The van der Waals surface area contributed by atoms with Gasteiger partial charge in [0.05, 0.1) is 12.5 Å². The molecule has 0 radical (unpaired) electrons. The molecule has 0 aromatic rings. The molecule has 94 valence electrons. The molecule has 0 aromatic carbocycles. The van der Waals surface area contributed by atoms with Crippen molar-refractivity contribution in [1.29, 1.82) is 0 Å². The van der Waals surface area contributed by atoms with E-state index >= 15 is 0 Å². The van der Waals surface area contributed by atoms with E-state index < -0.39 is 12.1 Å². The van der Waals surface area contributed by atoms with Crippen molar-refractivity contribution in [2.45, 2.75) is 63.5 Å². The van der Waals surface area contributed by atoms with E-state index in [0.29, 0.717) is 12.6 Å². The van der Waals surface area contributed by atoms with Crippen LogP contribution >= 0.6 is 0 Å². The Balaban J connectivity index is 2.16. The van der Waals surface area contributed by atoms with Gasteiger partial charge in [-0.3, -0.25) is 4.79 Å². The second-order valence-corrected chi connectivity index (χ2v) is 4.70. The maximum atomic E-state index is 10.4. The van der Waals surface area contributed by atoms with Gasteiger partial charge >= 0.3 is 5.97 Å². The minimum Gasteiger partial charge on any atom is -0.481 e. The van der Waals surface area contributed by atoms with Crippen LogP contribution < -0.4 is 5.32 Å². The molecule has 16 heavy (non-hydrogen) atoms. The minimum atomic E-state index is -0.938. The molecule has 1 atom stereocenters. The number of aliphatic hydroxyl groups is 1. The Hall–Kier alpha value is -0.610. The van der Waals surface area contributed by atoms with Crippen molar-refractivity contribution in [1.82, 2.24) is 5.32 Å². The van der Waals surface area contributed by atoms with Crippen LogP contribution in [0.25, 0.3) is 0 Å². The Morgan fingerprint density at radius 2 is 1.75 bits per heavy atom. The first-order valence-corrected chi connectivity index (χ1v) is 6.31. The molecule has 1 rings (SSSR count). The summed E-state index contributed by atoms with van der Waals surface area (Å²) in [6.45, 7) is 0.400. The molecule has 4 nitrogen and oxygen atoms in total. The van der Waals surface area contributed by atoms with E-state index in [-0.39, 0.29) is 6.42 Å². The van der Waals surface area contributed by atoms with Crippen LogP contribution in [0.1, 0.15) is 51.4 Å². The molecule has 1 unspecified atom stereocenters. The molecule has 0 amide bonds. The highest BCUT2D eigenvalue weighted by Gasteiger charge is 2.14. The Bertz CT molecular complexity index is 200. The molecule has 1 saturated carbocycles. The molecule has 1 aliphatic carbocycles. The molecule has 0 saturated heterocycles. The largest absolute Gasteiger partial charge is 0.481 e. The van der Waals surface area contributed by atoms with Gasteiger partial charge in [0.25, 0.3) is 0 Å². The third kappa shape index (κ3) is 6.08. The maximum absolute atomic E-state index is 10.4. The number of carboxylic acid groups (broad SMARTS) is 1. The lowest BCUT2D eigenvalue weighted by molar-refractivity contribution is -0.139. The molecule has 4 heteroatoms. The number of carboxylic acids is 1. The van der Waals surface area contributed by atoms with Crippen LogP contribution in [0.15, 0.2) is 0 Å². The Morgan fingerprint density at radius 1 is 1.19 bits per heavy atom. The highest BCUT2D eigenvalue weighted by molar-refractivity contribution is 5.67. The van der Waals surface area contributed by atoms with Crippen molar-refractivity contribution in [3.63, 3.8) is 0 Å². The van der Waals surface area contributed by atoms with Gasteiger partial charge in [-0.05, 0) is 12.8 Å². The molecule has 0 bridgehead atoms. The summed E-state index contributed by atoms with van der Waals surface area (Å²) in [4.78, 5) is 10.4. The van der Waals surface area contributed by atoms with Crippen LogP contribution in [0.4, 0.5) is 0 Å². The van der Waals surface area contributed by atoms with Crippen molar-refractivity contribution < 1.29 is 15.0 Å². The van der Waals surface area contributed by atoms with Crippen LogP contribution in [0.3, 0.4) is 0 Å². The fourth-order valence-electron chi connectivity index (χ4n) is 2.24. The van der Waals surface area contributed by atoms with E-state index in [1.807, 2.05) is 0 Å². The summed E-state index contributed by atoms with van der Waals surface area (Å²) in [7, 11) is 0. The van der Waals surface area contributed by atoms with E-state index in [2.05, 4.69) is 5.32 Å². The van der Waals surface area contributed by atoms with Crippen LogP contribution in [-0.4, -0.2) is 34.9 Å². The number of carbonyl (C=O) groups is 1. The first-order chi connectivity index (χ1) is 7.68. The summed E-state index contributed by atoms with van der Waals surface area (Å²) >= 11 is 0. The predicted octanol–water partition coefficient (Wildman–Crippen LogP) is 1.52. The van der Waals surface area contributed by atoms with Crippen molar-refractivity contribution in [3.05, 3.63) is 0 Å². The highest BCUT2D eigenvalue weighted by Crippen LogP contribution is 2.16. The van der Waals surface area contributed by atoms with E-state index in [9.17, 15) is 9.90 Å². The minimum absolute atomic E-state index is 0.167. The van der Waals surface area contributed by atoms with E-state index in [4.69, 9.17) is 5.11 Å². The normalized spacial score (nSPS) is 21.1. The summed E-state index contributed by atoms with van der Waals surface area (Å²) in [5.74, 6) is -0.938. The second kappa shape index (κ2) is 7.63. The van der Waals surface area contributed by atoms with Crippen molar-refractivity contribution >= 4 is 5.97 Å². The molecular formula is C12H23NO3. The third-order valence-corrected chi connectivity index (χ3v) is 3.16. The van der Waals surface area contributed by atoms with Gasteiger partial charge in [-0.2, -0.15) is 0 Å². The summed E-state index contributed by atoms with van der Waals surface area (Å²) in [6.07, 6.45) is 7.81. The average molecular weight is 229 g/mol. The fraction of sp³-hybridized carbons (Fsp3) is 0.917. The van der Waals surface area contributed by atoms with E-state index in [1.165, 1.54) is 32.1 Å². The summed E-state index contributed by atoms with van der Waals surface area (Å²) in [5.41, 5.74) is 0. The van der Waals surface area contributed by atoms with Crippen LogP contribution in [0.2, 0.25) is 0 Å². The van der Waals surface area contributed by atoms with Crippen molar-refractivity contribution in [2.75, 3.05) is 6.54 Å². The third-order valence-electron chi connectivity index (χ3n) is 3.16. The molecule has 0 heterocycles. The maximum Gasteiger partial charge on any atom is 0.306 e. The summed E-state index contributed by atoms with van der Waals surface area (Å²) in [5, 5.41) is 21.2. The van der Waals surface area contributed by atoms with Crippen molar-refractivity contribution in [2.24, 2.45) is 0 Å². The Kier molecular flexibility index (Phi) is 6.42. The Morgan fingerprint density at radius 3 is 2.31 bits per heavy atom. The molecule has 1 aliphatic rings. The van der Waals surface area contributed by atoms with Gasteiger partial charge in [0.1, 0.15) is 0 Å². The zero-order valence-electron chi connectivity index (χ0n) is 9.82. The van der Waals surface area contributed by atoms with Crippen molar-refractivity contribution in [3.8, 4) is 0 Å². The lowest BCUT2D eigenvalue weighted by atomic mass is 9.96. The van der Waals surface area contributed by atoms with Gasteiger partial charge in [0, 0.05) is 12.6 Å². The number of hydrogen-bond donors (Lipinski definition) is 3. The first-order valence-electron chi connectivity index (χ1n) is 6.31. The molecule has 0 spiro atoms. The monoisotopic (exact) mass is 229 g/mol. The van der Waals surface area contributed by atoms with Crippen LogP contribution in [0, 0.1) is 0 Å². The number of aliphatic hydroxyl groups excluding tert-OH is 1. The Labute approximate surface area is 97.0 Å². The number of rotatable bonds is 5. The van der Waals surface area contributed by atoms with Crippen LogP contribution in [-0.2, 0) is 4.79 Å². The number of nitrogens with one attached hydrogen (secondary N) is 1. The molecule has 0 aromatic heterocycles. The standard InChI is InChI=1S/C12H23NO3/c14-11(8-12(15)16)9-13-10-6-4-2-1-3-5-7-10/h10-11,13-14H,1-9H2,(H,15,16). The van der Waals surface area contributed by atoms with Gasteiger partial charge in [0.15, 0.2) is 0 Å². The lowest BCUT2D eigenvalue weighted by Gasteiger charge is -2.22. The topological polar surface area (TPSA) is 69.6 Å². The zero-order chi connectivity index (χ0) is 11.8. The lowest BCUT2D eigenvalue weighted by Crippen LogP contribution is -2.36. The van der Waals surface area contributed by atoms with Gasteiger partial charge in [-0.25, -0.2) is 0 Å². The molecule has 3 N–H and O–H groups in total. The van der Waals surface area contributed by atoms with Crippen LogP contribution in [0.5, 0.6) is 0 Å². The smallest absolute Gasteiger partial charge is 0.306 e. The number of hydrogen-bond acceptors (Lipinski definition) is 3. The summed E-state index contributed by atoms with van der Waals surface area (Å²) in [6, 6.07) is 0.462. The summed E-state index contributed by atoms with van der Waals surface area (Å²) < 4.78 is 0. The fourth-order valence-corrected chi connectivity index (χ4v) is 2.24. The van der Waals surface area contributed by atoms with Gasteiger partial charge in [-0.15, -0.1) is 0 Å².